The molecule has 0 aromatic heterocycles. The lowest BCUT2D eigenvalue weighted by molar-refractivity contribution is -0.155. The van der Waals surface area contributed by atoms with Crippen molar-refractivity contribution in [3.63, 3.8) is 0 Å². The molecule has 0 saturated carbocycles. The number of methoxy groups -OCH3 is 1. The minimum Gasteiger partial charge on any atom is -0.469 e. The summed E-state index contributed by atoms with van der Waals surface area (Å²) in [6.07, 6.45) is 0.898. The number of hydrogen-bond donors (Lipinski definition) is 1. The van der Waals surface area contributed by atoms with E-state index in [0.29, 0.717) is 6.42 Å². The predicted octanol–water partition coefficient (Wildman–Crippen LogP) is 1.98. The maximum atomic E-state index is 11.5. The van der Waals surface area contributed by atoms with E-state index in [-0.39, 0.29) is 11.4 Å². The molecule has 2 atom stereocenters. The van der Waals surface area contributed by atoms with Gasteiger partial charge in [0.1, 0.15) is 0 Å². The number of carbonyl (C=O) groups excluding carboxylic acids is 1. The van der Waals surface area contributed by atoms with Crippen molar-refractivity contribution in [2.75, 3.05) is 7.11 Å². The van der Waals surface area contributed by atoms with E-state index in [1.165, 1.54) is 7.11 Å². The van der Waals surface area contributed by atoms with Crippen LogP contribution in [0.2, 0.25) is 0 Å². The molecule has 0 rings (SSSR count). The summed E-state index contributed by atoms with van der Waals surface area (Å²) in [6, 6.07) is 0. The van der Waals surface area contributed by atoms with Gasteiger partial charge < -0.3 is 9.84 Å². The number of rotatable bonds is 4. The first-order valence-corrected chi connectivity index (χ1v) is 5.10. The van der Waals surface area contributed by atoms with Gasteiger partial charge in [0.05, 0.1) is 19.1 Å². The van der Waals surface area contributed by atoms with Crippen molar-refractivity contribution in [2.24, 2.45) is 11.3 Å². The van der Waals surface area contributed by atoms with Crippen molar-refractivity contribution < 1.29 is 14.6 Å². The molecule has 84 valence electrons. The summed E-state index contributed by atoms with van der Waals surface area (Å²) in [5.74, 6) is -0.758. The Morgan fingerprint density at radius 3 is 2.21 bits per heavy atom. The summed E-state index contributed by atoms with van der Waals surface area (Å²) in [4.78, 5) is 11.5. The molecular formula is C11H22O3. The third kappa shape index (κ3) is 3.66. The highest BCUT2D eigenvalue weighted by Gasteiger charge is 2.37. The number of aliphatic hydroxyl groups excluding tert-OH is 1. The number of carbonyl (C=O) groups is 1. The average molecular weight is 202 g/mol. The summed E-state index contributed by atoms with van der Waals surface area (Å²) >= 11 is 0. The number of esters is 1. The van der Waals surface area contributed by atoms with E-state index < -0.39 is 12.0 Å². The van der Waals surface area contributed by atoms with Gasteiger partial charge in [0.15, 0.2) is 0 Å². The Bertz CT molecular complexity index is 181. The number of aliphatic hydroxyl groups is 1. The van der Waals surface area contributed by atoms with Gasteiger partial charge in [-0.3, -0.25) is 4.79 Å². The molecule has 0 fully saturated rings. The number of hydrogen-bond acceptors (Lipinski definition) is 3. The molecule has 0 radical (unpaired) electrons. The molecule has 0 aliphatic heterocycles. The lowest BCUT2D eigenvalue weighted by Gasteiger charge is -2.31. The van der Waals surface area contributed by atoms with Crippen LogP contribution in [0, 0.1) is 11.3 Å². The Labute approximate surface area is 86.5 Å². The molecule has 0 amide bonds. The van der Waals surface area contributed by atoms with E-state index in [1.54, 1.807) is 0 Å². The van der Waals surface area contributed by atoms with E-state index in [9.17, 15) is 9.90 Å². The molecule has 3 heteroatoms. The van der Waals surface area contributed by atoms with Crippen LogP contribution < -0.4 is 0 Å². The Morgan fingerprint density at radius 2 is 1.93 bits per heavy atom. The maximum Gasteiger partial charge on any atom is 0.311 e. The van der Waals surface area contributed by atoms with Crippen LogP contribution in [0.4, 0.5) is 0 Å². The van der Waals surface area contributed by atoms with Gasteiger partial charge in [-0.05, 0) is 11.8 Å². The van der Waals surface area contributed by atoms with Crippen LogP contribution in [0.3, 0.4) is 0 Å². The predicted molar refractivity (Wildman–Crippen MR) is 55.9 cm³/mol. The molecule has 0 aromatic rings. The van der Waals surface area contributed by atoms with Crippen molar-refractivity contribution in [3.05, 3.63) is 0 Å². The second-order valence-electron chi connectivity index (χ2n) is 4.72. The van der Waals surface area contributed by atoms with E-state index in [1.807, 2.05) is 27.7 Å². The minimum atomic E-state index is -0.604. The molecule has 3 nitrogen and oxygen atoms in total. The molecule has 0 aliphatic carbocycles. The van der Waals surface area contributed by atoms with Crippen LogP contribution in [0.5, 0.6) is 0 Å². The molecule has 0 spiro atoms. The quantitative estimate of drug-likeness (QED) is 0.709. The van der Waals surface area contributed by atoms with Gasteiger partial charge >= 0.3 is 5.97 Å². The van der Waals surface area contributed by atoms with Gasteiger partial charge in [0.25, 0.3) is 0 Å². The topological polar surface area (TPSA) is 46.5 Å². The largest absolute Gasteiger partial charge is 0.469 e. The van der Waals surface area contributed by atoms with Gasteiger partial charge in [-0.15, -0.1) is 0 Å². The van der Waals surface area contributed by atoms with Crippen molar-refractivity contribution in [2.45, 2.75) is 46.6 Å². The maximum absolute atomic E-state index is 11.5. The van der Waals surface area contributed by atoms with Crippen molar-refractivity contribution in [1.29, 1.82) is 0 Å². The highest BCUT2D eigenvalue weighted by molar-refractivity contribution is 5.73. The Balaban J connectivity index is 4.64. The smallest absolute Gasteiger partial charge is 0.311 e. The number of ether oxygens (including phenoxy) is 1. The van der Waals surface area contributed by atoms with Crippen molar-refractivity contribution in [1.82, 2.24) is 0 Å². The summed E-state index contributed by atoms with van der Waals surface area (Å²) < 4.78 is 4.71. The molecule has 1 N–H and O–H groups in total. The van der Waals surface area contributed by atoms with Crippen molar-refractivity contribution in [3.8, 4) is 0 Å². The molecule has 0 unspecified atom stereocenters. The highest BCUT2D eigenvalue weighted by Crippen LogP contribution is 2.31. The van der Waals surface area contributed by atoms with Crippen LogP contribution in [-0.2, 0) is 9.53 Å². The van der Waals surface area contributed by atoms with Gasteiger partial charge in [0.2, 0.25) is 0 Å². The fraction of sp³-hybridized carbons (Fsp3) is 0.909. The van der Waals surface area contributed by atoms with Crippen LogP contribution in [0.25, 0.3) is 0 Å². The molecule has 14 heavy (non-hydrogen) atoms. The molecular weight excluding hydrogens is 180 g/mol. The van der Waals surface area contributed by atoms with Gasteiger partial charge in [-0.2, -0.15) is 0 Å². The fourth-order valence-corrected chi connectivity index (χ4v) is 1.68. The monoisotopic (exact) mass is 202 g/mol. The zero-order valence-electron chi connectivity index (χ0n) is 9.83. The van der Waals surface area contributed by atoms with E-state index >= 15 is 0 Å². The Morgan fingerprint density at radius 1 is 1.43 bits per heavy atom. The summed E-state index contributed by atoms with van der Waals surface area (Å²) in [6.45, 7) is 7.80. The second kappa shape index (κ2) is 5.35. The van der Waals surface area contributed by atoms with E-state index in [0.717, 1.165) is 6.42 Å². The lowest BCUT2D eigenvalue weighted by atomic mass is 9.76. The minimum absolute atomic E-state index is 0.262. The van der Waals surface area contributed by atoms with Crippen molar-refractivity contribution >= 4 is 5.97 Å². The molecule has 0 heterocycles. The zero-order valence-corrected chi connectivity index (χ0v) is 9.83. The molecule has 0 aromatic carbocycles. The third-order valence-corrected chi connectivity index (χ3v) is 2.36. The molecule has 0 aliphatic rings. The lowest BCUT2D eigenvalue weighted by Crippen LogP contribution is -2.39. The second-order valence-corrected chi connectivity index (χ2v) is 4.72. The van der Waals surface area contributed by atoms with Gasteiger partial charge in [0, 0.05) is 0 Å². The summed E-state index contributed by atoms with van der Waals surface area (Å²) in [7, 11) is 1.36. The SMILES string of the molecule is CCC[C@@H](O)[C@@H](C(=O)OC)C(C)(C)C. The van der Waals surface area contributed by atoms with Crippen LogP contribution in [0.15, 0.2) is 0 Å². The average Bonchev–Trinajstić information content (AvgIpc) is 2.02. The first kappa shape index (κ1) is 13.4. The summed E-state index contributed by atoms with van der Waals surface area (Å²) in [5, 5.41) is 9.85. The van der Waals surface area contributed by atoms with Crippen LogP contribution in [-0.4, -0.2) is 24.3 Å². The fourth-order valence-electron chi connectivity index (χ4n) is 1.68. The molecule has 0 saturated heterocycles. The van der Waals surface area contributed by atoms with E-state index in [4.69, 9.17) is 4.74 Å². The normalized spacial score (nSPS) is 16.1. The standard InChI is InChI=1S/C11H22O3/c1-6-7-8(12)9(10(13)14-5)11(2,3)4/h8-9,12H,6-7H2,1-5H3/t8-,9+/m1/s1. The third-order valence-electron chi connectivity index (χ3n) is 2.36. The summed E-state index contributed by atoms with van der Waals surface area (Å²) in [5.41, 5.74) is -0.262. The van der Waals surface area contributed by atoms with Gasteiger partial charge in [-0.1, -0.05) is 34.1 Å². The van der Waals surface area contributed by atoms with Gasteiger partial charge in [-0.25, -0.2) is 0 Å². The Hall–Kier alpha value is -0.570. The zero-order chi connectivity index (χ0) is 11.4. The highest BCUT2D eigenvalue weighted by atomic mass is 16.5. The first-order chi connectivity index (χ1) is 6.34. The van der Waals surface area contributed by atoms with Crippen LogP contribution >= 0.6 is 0 Å². The Kier molecular flexibility index (Phi) is 5.13. The van der Waals surface area contributed by atoms with E-state index in [2.05, 4.69) is 0 Å². The van der Waals surface area contributed by atoms with Crippen LogP contribution in [0.1, 0.15) is 40.5 Å². The molecule has 0 bridgehead atoms. The first-order valence-electron chi connectivity index (χ1n) is 5.10.